The Labute approximate surface area is 158 Å². The quantitative estimate of drug-likeness (QED) is 0.603. The second-order valence-electron chi connectivity index (χ2n) is 6.08. The number of carbonyl (C=O) groups excluding carboxylic acids is 1. The van der Waals surface area contributed by atoms with E-state index in [1.807, 2.05) is 26.0 Å². The number of anilines is 1. The van der Waals surface area contributed by atoms with Crippen molar-refractivity contribution in [1.82, 2.24) is 4.98 Å². The van der Waals surface area contributed by atoms with E-state index in [1.165, 1.54) is 0 Å². The van der Waals surface area contributed by atoms with Crippen molar-refractivity contribution in [2.45, 2.75) is 19.8 Å². The summed E-state index contributed by atoms with van der Waals surface area (Å²) in [5.74, 6) is -0.0845. The fourth-order valence-corrected chi connectivity index (χ4v) is 3.28. The lowest BCUT2D eigenvalue weighted by Crippen LogP contribution is -2.13. The van der Waals surface area contributed by atoms with Crippen LogP contribution >= 0.6 is 27.5 Å². The van der Waals surface area contributed by atoms with E-state index in [0.717, 1.165) is 15.4 Å². The zero-order chi connectivity index (χ0) is 18.1. The van der Waals surface area contributed by atoms with Gasteiger partial charge in [-0.3, -0.25) is 9.59 Å². The van der Waals surface area contributed by atoms with E-state index in [4.69, 9.17) is 11.6 Å². The van der Waals surface area contributed by atoms with E-state index in [-0.39, 0.29) is 17.4 Å². The number of H-pyrrole nitrogens is 1. The molecule has 1 aromatic heterocycles. The SMILES string of the molecule is CC(C)c1cc(=O)[nH]c2cc(NC(=O)c3cc(Br)ccc3Cl)ccc12. The van der Waals surface area contributed by atoms with Crippen molar-refractivity contribution < 1.29 is 4.79 Å². The van der Waals surface area contributed by atoms with Gasteiger partial charge in [0.15, 0.2) is 0 Å². The van der Waals surface area contributed by atoms with Crippen LogP contribution in [0.2, 0.25) is 5.02 Å². The number of hydrogen-bond donors (Lipinski definition) is 2. The summed E-state index contributed by atoms with van der Waals surface area (Å²) in [4.78, 5) is 27.2. The number of rotatable bonds is 3. The van der Waals surface area contributed by atoms with Crippen molar-refractivity contribution >= 4 is 50.0 Å². The molecule has 0 aliphatic heterocycles. The average Bonchev–Trinajstić information content (AvgIpc) is 2.55. The highest BCUT2D eigenvalue weighted by Gasteiger charge is 2.13. The minimum Gasteiger partial charge on any atom is -0.322 e. The highest BCUT2D eigenvalue weighted by atomic mass is 79.9. The molecule has 0 aliphatic rings. The van der Waals surface area contributed by atoms with E-state index in [0.29, 0.717) is 21.8 Å². The summed E-state index contributed by atoms with van der Waals surface area (Å²) in [6.45, 7) is 4.08. The third-order valence-corrected chi connectivity index (χ3v) is 4.75. The lowest BCUT2D eigenvalue weighted by Gasteiger charge is -2.12. The molecule has 1 amide bonds. The fraction of sp³-hybridized carbons (Fsp3) is 0.158. The molecule has 4 nitrogen and oxygen atoms in total. The van der Waals surface area contributed by atoms with Gasteiger partial charge in [0.2, 0.25) is 5.56 Å². The molecular formula is C19H16BrClN2O2. The first-order chi connectivity index (χ1) is 11.8. The molecule has 0 aliphatic carbocycles. The van der Waals surface area contributed by atoms with Crippen LogP contribution in [0.15, 0.2) is 51.7 Å². The van der Waals surface area contributed by atoms with Gasteiger partial charge in [0.25, 0.3) is 5.91 Å². The average molecular weight is 420 g/mol. The van der Waals surface area contributed by atoms with Gasteiger partial charge in [0.1, 0.15) is 0 Å². The van der Waals surface area contributed by atoms with E-state index in [1.54, 1.807) is 30.3 Å². The minimum absolute atomic E-state index is 0.158. The van der Waals surface area contributed by atoms with Crippen LogP contribution in [0.1, 0.15) is 35.7 Å². The maximum atomic E-state index is 12.5. The van der Waals surface area contributed by atoms with Crippen molar-refractivity contribution in [3.05, 3.63) is 73.4 Å². The van der Waals surface area contributed by atoms with Crippen molar-refractivity contribution in [1.29, 1.82) is 0 Å². The van der Waals surface area contributed by atoms with Crippen molar-refractivity contribution in [3.63, 3.8) is 0 Å². The Kier molecular flexibility index (Phi) is 4.97. The van der Waals surface area contributed by atoms with Crippen molar-refractivity contribution in [3.8, 4) is 0 Å². The maximum Gasteiger partial charge on any atom is 0.257 e. The zero-order valence-electron chi connectivity index (χ0n) is 13.7. The second-order valence-corrected chi connectivity index (χ2v) is 7.41. The molecule has 0 fully saturated rings. The standard InChI is InChI=1S/C19H16BrClN2O2/c1-10(2)14-9-18(24)23-17-8-12(4-5-13(14)17)22-19(25)15-7-11(20)3-6-16(15)21/h3-10H,1-2H3,(H,22,25)(H,23,24). The highest BCUT2D eigenvalue weighted by molar-refractivity contribution is 9.10. The van der Waals surface area contributed by atoms with Crippen molar-refractivity contribution in [2.24, 2.45) is 0 Å². The van der Waals surface area contributed by atoms with Gasteiger partial charge in [-0.2, -0.15) is 0 Å². The summed E-state index contributed by atoms with van der Waals surface area (Å²) >= 11 is 9.43. The van der Waals surface area contributed by atoms with Gasteiger partial charge in [0, 0.05) is 21.6 Å². The van der Waals surface area contributed by atoms with Gasteiger partial charge in [-0.25, -0.2) is 0 Å². The van der Waals surface area contributed by atoms with E-state index < -0.39 is 0 Å². The Hall–Kier alpha value is -2.11. The smallest absolute Gasteiger partial charge is 0.257 e. The molecule has 6 heteroatoms. The third-order valence-electron chi connectivity index (χ3n) is 3.93. The van der Waals surface area contributed by atoms with E-state index in [2.05, 4.69) is 26.2 Å². The van der Waals surface area contributed by atoms with Gasteiger partial charge < -0.3 is 10.3 Å². The molecule has 0 saturated carbocycles. The second kappa shape index (κ2) is 7.02. The molecule has 128 valence electrons. The Morgan fingerprint density at radius 1 is 1.16 bits per heavy atom. The molecule has 0 spiro atoms. The van der Waals surface area contributed by atoms with Gasteiger partial charge in [0.05, 0.1) is 16.1 Å². The van der Waals surface area contributed by atoms with E-state index in [9.17, 15) is 9.59 Å². The number of carbonyl (C=O) groups is 1. The largest absolute Gasteiger partial charge is 0.322 e. The van der Waals surface area contributed by atoms with Crippen LogP contribution < -0.4 is 10.9 Å². The molecule has 0 unspecified atom stereocenters. The number of nitrogens with one attached hydrogen (secondary N) is 2. The third kappa shape index (κ3) is 3.78. The maximum absolute atomic E-state index is 12.5. The van der Waals surface area contributed by atoms with Crippen LogP contribution in [0.5, 0.6) is 0 Å². The number of benzene rings is 2. The Morgan fingerprint density at radius 3 is 2.64 bits per heavy atom. The number of fused-ring (bicyclic) bond motifs is 1. The van der Waals surface area contributed by atoms with Crippen LogP contribution in [0.25, 0.3) is 10.9 Å². The van der Waals surface area contributed by atoms with Crippen LogP contribution in [-0.2, 0) is 0 Å². The Morgan fingerprint density at radius 2 is 1.92 bits per heavy atom. The molecule has 1 heterocycles. The molecule has 3 rings (SSSR count). The number of hydrogen-bond acceptors (Lipinski definition) is 2. The number of halogens is 2. The van der Waals surface area contributed by atoms with E-state index >= 15 is 0 Å². The van der Waals surface area contributed by atoms with Crippen LogP contribution in [0.4, 0.5) is 5.69 Å². The topological polar surface area (TPSA) is 62.0 Å². The summed E-state index contributed by atoms with van der Waals surface area (Å²) < 4.78 is 0.770. The Bertz CT molecular complexity index is 1030. The lowest BCUT2D eigenvalue weighted by atomic mass is 9.99. The highest BCUT2D eigenvalue weighted by Crippen LogP contribution is 2.26. The number of aromatic amines is 1. The van der Waals surface area contributed by atoms with Gasteiger partial charge in [-0.05, 0) is 41.8 Å². The lowest BCUT2D eigenvalue weighted by molar-refractivity contribution is 0.102. The predicted molar refractivity (Wildman–Crippen MR) is 106 cm³/mol. The summed E-state index contributed by atoms with van der Waals surface area (Å²) in [6, 6.07) is 12.2. The summed E-state index contributed by atoms with van der Waals surface area (Å²) in [6.07, 6.45) is 0. The molecule has 2 N–H and O–H groups in total. The first-order valence-electron chi connectivity index (χ1n) is 7.78. The molecule has 0 atom stereocenters. The molecule has 2 aromatic carbocycles. The summed E-state index contributed by atoms with van der Waals surface area (Å²) in [7, 11) is 0. The molecule has 0 radical (unpaired) electrons. The monoisotopic (exact) mass is 418 g/mol. The molecular weight excluding hydrogens is 404 g/mol. The molecule has 25 heavy (non-hydrogen) atoms. The molecule has 3 aromatic rings. The summed E-state index contributed by atoms with van der Waals surface area (Å²) in [5, 5.41) is 4.16. The summed E-state index contributed by atoms with van der Waals surface area (Å²) in [5.41, 5.74) is 2.47. The van der Waals surface area contributed by atoms with Crippen LogP contribution in [0.3, 0.4) is 0 Å². The van der Waals surface area contributed by atoms with Crippen LogP contribution in [0, 0.1) is 0 Å². The molecule has 0 bridgehead atoms. The Balaban J connectivity index is 1.98. The normalized spacial score (nSPS) is 11.1. The number of amides is 1. The van der Waals surface area contributed by atoms with Crippen molar-refractivity contribution in [2.75, 3.05) is 5.32 Å². The zero-order valence-corrected chi connectivity index (χ0v) is 16.0. The fourth-order valence-electron chi connectivity index (χ4n) is 2.71. The minimum atomic E-state index is -0.312. The molecule has 0 saturated heterocycles. The first-order valence-corrected chi connectivity index (χ1v) is 8.95. The predicted octanol–water partition coefficient (Wildman–Crippen LogP) is 5.32. The van der Waals surface area contributed by atoms with Gasteiger partial charge in [-0.15, -0.1) is 0 Å². The van der Waals surface area contributed by atoms with Gasteiger partial charge in [-0.1, -0.05) is 47.4 Å². The number of pyridine rings is 1. The van der Waals surface area contributed by atoms with Gasteiger partial charge >= 0.3 is 0 Å². The van der Waals surface area contributed by atoms with Crippen LogP contribution in [-0.4, -0.2) is 10.9 Å². The number of aromatic nitrogens is 1. The first kappa shape index (κ1) is 17.7.